The Hall–Kier alpha value is -3.97. The molecule has 1 saturated heterocycles. The number of rotatable bonds is 7. The molecule has 2 aromatic heterocycles. The number of aromatic nitrogens is 1. The first-order valence-corrected chi connectivity index (χ1v) is 12.4. The van der Waals surface area contributed by atoms with E-state index in [0.29, 0.717) is 53.6 Å². The lowest BCUT2D eigenvalue weighted by atomic mass is 10.0. The van der Waals surface area contributed by atoms with E-state index in [-0.39, 0.29) is 18.2 Å². The highest BCUT2D eigenvalue weighted by atomic mass is 35.5. The van der Waals surface area contributed by atoms with Crippen molar-refractivity contribution in [3.05, 3.63) is 88.8 Å². The molecular formula is C29H25ClFN3O3. The molecule has 4 aromatic rings. The molecule has 1 fully saturated rings. The van der Waals surface area contributed by atoms with Crippen molar-refractivity contribution < 1.29 is 18.4 Å². The number of carbonyl (C=O) groups is 2. The molecule has 0 aliphatic carbocycles. The molecular weight excluding hydrogens is 493 g/mol. The Kier molecular flexibility index (Phi) is 7.06. The van der Waals surface area contributed by atoms with Crippen LogP contribution in [0.15, 0.2) is 71.3 Å². The number of alkyl halides is 1. The number of halogens is 2. The van der Waals surface area contributed by atoms with E-state index in [4.69, 9.17) is 21.8 Å². The number of hydrogen-bond acceptors (Lipinski definition) is 5. The summed E-state index contributed by atoms with van der Waals surface area (Å²) in [5, 5.41) is 1.30. The number of benzene rings is 2. The van der Waals surface area contributed by atoms with E-state index < -0.39 is 6.17 Å². The van der Waals surface area contributed by atoms with E-state index in [2.05, 4.69) is 4.98 Å². The van der Waals surface area contributed by atoms with Crippen molar-refractivity contribution in [3.63, 3.8) is 0 Å². The lowest BCUT2D eigenvalue weighted by molar-refractivity contribution is -0.114. The van der Waals surface area contributed by atoms with Gasteiger partial charge in [0.25, 0.3) is 5.91 Å². The molecule has 2 aromatic carbocycles. The smallest absolute Gasteiger partial charge is 0.253 e. The van der Waals surface area contributed by atoms with Gasteiger partial charge in [-0.2, -0.15) is 0 Å². The molecule has 2 N–H and O–H groups in total. The topological polar surface area (TPSA) is 89.4 Å². The zero-order chi connectivity index (χ0) is 25.9. The van der Waals surface area contributed by atoms with E-state index in [0.717, 1.165) is 22.1 Å². The predicted molar refractivity (Wildman–Crippen MR) is 143 cm³/mol. The Balaban J connectivity index is 1.26. The van der Waals surface area contributed by atoms with Gasteiger partial charge in [0, 0.05) is 36.5 Å². The highest BCUT2D eigenvalue weighted by Gasteiger charge is 2.26. The Morgan fingerprint density at radius 3 is 2.65 bits per heavy atom. The monoisotopic (exact) mass is 517 g/mol. The van der Waals surface area contributed by atoms with Gasteiger partial charge in [-0.3, -0.25) is 9.59 Å². The maximum absolute atomic E-state index is 13.5. The summed E-state index contributed by atoms with van der Waals surface area (Å²) in [5.41, 5.74) is 9.24. The molecule has 3 heterocycles. The summed E-state index contributed by atoms with van der Waals surface area (Å²) in [4.78, 5) is 30.5. The van der Waals surface area contributed by atoms with Crippen LogP contribution in [0.1, 0.15) is 34.5 Å². The molecule has 0 spiro atoms. The lowest BCUT2D eigenvalue weighted by Gasteiger charge is -2.15. The van der Waals surface area contributed by atoms with Gasteiger partial charge in [-0.05, 0) is 77.7 Å². The first-order valence-electron chi connectivity index (χ1n) is 12.0. The van der Waals surface area contributed by atoms with Gasteiger partial charge in [-0.1, -0.05) is 23.7 Å². The quantitative estimate of drug-likeness (QED) is 0.298. The molecule has 0 bridgehead atoms. The van der Waals surface area contributed by atoms with Gasteiger partial charge in [0.1, 0.15) is 17.7 Å². The molecule has 5 rings (SSSR count). The first-order chi connectivity index (χ1) is 17.9. The number of ketones is 1. The van der Waals surface area contributed by atoms with Crippen LogP contribution in [0.25, 0.3) is 28.2 Å². The SMILES string of the molecule is Nc1ccc(/C=C/C(=O)CCc2cc3cc(-c4ccc(C(=O)N5CC[C@@H](F)C5)cc4)cc(Cl)c3o2)cn1. The van der Waals surface area contributed by atoms with Gasteiger partial charge < -0.3 is 15.1 Å². The minimum Gasteiger partial charge on any atom is -0.459 e. The zero-order valence-electron chi connectivity index (χ0n) is 20.0. The van der Waals surface area contributed by atoms with Crippen molar-refractivity contribution in [2.75, 3.05) is 18.8 Å². The molecule has 0 radical (unpaired) electrons. The number of furan rings is 1. The van der Waals surface area contributed by atoms with E-state index in [1.54, 1.807) is 41.4 Å². The fourth-order valence-electron chi connectivity index (χ4n) is 4.38. The minimum atomic E-state index is -0.946. The van der Waals surface area contributed by atoms with Crippen LogP contribution in [-0.4, -0.2) is 40.8 Å². The van der Waals surface area contributed by atoms with E-state index in [1.165, 1.54) is 6.08 Å². The van der Waals surface area contributed by atoms with Crippen LogP contribution < -0.4 is 5.73 Å². The Labute approximate surface area is 218 Å². The number of nitrogens with two attached hydrogens (primary N) is 1. The molecule has 188 valence electrons. The zero-order valence-corrected chi connectivity index (χ0v) is 20.7. The number of nitrogens with zero attached hydrogens (tertiary/aromatic N) is 2. The van der Waals surface area contributed by atoms with Crippen molar-refractivity contribution >= 4 is 46.2 Å². The molecule has 6 nitrogen and oxygen atoms in total. The fraction of sp³-hybridized carbons (Fsp3) is 0.207. The number of anilines is 1. The summed E-state index contributed by atoms with van der Waals surface area (Å²) in [7, 11) is 0. The number of hydrogen-bond donors (Lipinski definition) is 1. The van der Waals surface area contributed by atoms with Gasteiger partial charge in [0.05, 0.1) is 11.6 Å². The van der Waals surface area contributed by atoms with E-state index in [9.17, 15) is 14.0 Å². The molecule has 1 atom stereocenters. The number of nitrogen functional groups attached to an aromatic ring is 1. The van der Waals surface area contributed by atoms with Gasteiger partial charge in [-0.25, -0.2) is 9.37 Å². The average molecular weight is 518 g/mol. The van der Waals surface area contributed by atoms with Gasteiger partial charge >= 0.3 is 0 Å². The summed E-state index contributed by atoms with van der Waals surface area (Å²) < 4.78 is 19.4. The van der Waals surface area contributed by atoms with Crippen molar-refractivity contribution in [2.24, 2.45) is 0 Å². The third kappa shape index (κ3) is 5.73. The molecule has 1 aliphatic rings. The number of likely N-dealkylation sites (tertiary alicyclic amines) is 1. The standard InChI is InChI=1S/C29H25ClFN3O3/c30-26-15-21(19-3-5-20(6-4-19)29(36)34-12-11-23(31)17-34)13-22-14-25(37-28(22)26)9-8-24(35)7-1-18-2-10-27(32)33-16-18/h1-7,10,13-16,23H,8-9,11-12,17H2,(H2,32,33)/b7-1+/t23-/m1/s1. The molecule has 0 saturated carbocycles. The highest BCUT2D eigenvalue weighted by molar-refractivity contribution is 6.35. The number of amides is 1. The average Bonchev–Trinajstić information content (AvgIpc) is 3.53. The number of allylic oxidation sites excluding steroid dienone is 1. The maximum Gasteiger partial charge on any atom is 0.253 e. The second kappa shape index (κ2) is 10.6. The second-order valence-corrected chi connectivity index (χ2v) is 9.53. The van der Waals surface area contributed by atoms with Crippen LogP contribution in [0.4, 0.5) is 10.2 Å². The number of carbonyl (C=O) groups excluding carboxylic acids is 2. The van der Waals surface area contributed by atoms with Gasteiger partial charge in [-0.15, -0.1) is 0 Å². The Bertz CT molecular complexity index is 1480. The largest absolute Gasteiger partial charge is 0.459 e. The molecule has 0 unspecified atom stereocenters. The molecule has 1 aliphatic heterocycles. The van der Waals surface area contributed by atoms with Crippen LogP contribution >= 0.6 is 11.6 Å². The third-order valence-corrected chi connectivity index (χ3v) is 6.67. The predicted octanol–water partition coefficient (Wildman–Crippen LogP) is 6.13. The van der Waals surface area contributed by atoms with E-state index >= 15 is 0 Å². The first kappa shape index (κ1) is 24.7. The van der Waals surface area contributed by atoms with Gasteiger partial charge in [0.2, 0.25) is 0 Å². The summed E-state index contributed by atoms with van der Waals surface area (Å²) >= 11 is 6.52. The number of fused-ring (bicyclic) bond motifs is 1. The Morgan fingerprint density at radius 2 is 1.95 bits per heavy atom. The summed E-state index contributed by atoms with van der Waals surface area (Å²) in [5.74, 6) is 0.906. The van der Waals surface area contributed by atoms with Crippen LogP contribution in [0.3, 0.4) is 0 Å². The van der Waals surface area contributed by atoms with Gasteiger partial charge in [0.15, 0.2) is 11.4 Å². The maximum atomic E-state index is 13.5. The van der Waals surface area contributed by atoms with Crippen molar-refractivity contribution in [1.82, 2.24) is 9.88 Å². The van der Waals surface area contributed by atoms with Crippen LogP contribution in [0, 0.1) is 0 Å². The summed E-state index contributed by atoms with van der Waals surface area (Å²) in [6, 6.07) is 16.4. The van der Waals surface area contributed by atoms with Crippen molar-refractivity contribution in [2.45, 2.75) is 25.4 Å². The third-order valence-electron chi connectivity index (χ3n) is 6.39. The van der Waals surface area contributed by atoms with Crippen LogP contribution in [0.5, 0.6) is 0 Å². The highest BCUT2D eigenvalue weighted by Crippen LogP contribution is 2.33. The van der Waals surface area contributed by atoms with Crippen molar-refractivity contribution in [1.29, 1.82) is 0 Å². The summed E-state index contributed by atoms with van der Waals surface area (Å²) in [6.45, 7) is 0.594. The fourth-order valence-corrected chi connectivity index (χ4v) is 4.64. The molecule has 8 heteroatoms. The number of pyridine rings is 1. The molecule has 1 amide bonds. The second-order valence-electron chi connectivity index (χ2n) is 9.12. The van der Waals surface area contributed by atoms with Crippen LogP contribution in [-0.2, 0) is 11.2 Å². The normalized spacial score (nSPS) is 15.6. The van der Waals surface area contributed by atoms with Crippen LogP contribution in [0.2, 0.25) is 5.02 Å². The Morgan fingerprint density at radius 1 is 1.14 bits per heavy atom. The molecule has 37 heavy (non-hydrogen) atoms. The van der Waals surface area contributed by atoms with E-state index in [1.807, 2.05) is 30.3 Å². The minimum absolute atomic E-state index is 0.0327. The van der Waals surface area contributed by atoms with Crippen molar-refractivity contribution in [3.8, 4) is 11.1 Å². The summed E-state index contributed by atoms with van der Waals surface area (Å²) in [6.07, 6.45) is 5.01. The number of aryl methyl sites for hydroxylation is 1. The lowest BCUT2D eigenvalue weighted by Crippen LogP contribution is -2.28.